The molecule has 1 N–H and O–H groups in total. The van der Waals surface area contributed by atoms with Crippen LogP contribution in [-0.4, -0.2) is 38.4 Å². The number of rotatable bonds is 5. The molecule has 5 aromatic rings. The van der Waals surface area contributed by atoms with Crippen LogP contribution >= 0.6 is 0 Å². The number of anilines is 1. The van der Waals surface area contributed by atoms with Crippen LogP contribution in [0.2, 0.25) is 0 Å². The van der Waals surface area contributed by atoms with E-state index < -0.39 is 30.4 Å². The summed E-state index contributed by atoms with van der Waals surface area (Å²) in [6.45, 7) is -1.34. The minimum atomic E-state index is -4.90. The van der Waals surface area contributed by atoms with Crippen LogP contribution < -0.4 is 15.6 Å². The van der Waals surface area contributed by atoms with E-state index >= 15 is 0 Å². The molecule has 0 aliphatic carbocycles. The number of aromatic nitrogens is 4. The first kappa shape index (κ1) is 25.1. The number of halogens is 6. The molecule has 0 unspecified atom stereocenters. The van der Waals surface area contributed by atoms with Crippen LogP contribution in [-0.2, 0) is 7.05 Å². The van der Waals surface area contributed by atoms with Crippen molar-refractivity contribution in [1.82, 2.24) is 19.3 Å². The molecule has 0 saturated carbocycles. The van der Waals surface area contributed by atoms with Crippen LogP contribution in [0.5, 0.6) is 5.75 Å². The second kappa shape index (κ2) is 9.08. The van der Waals surface area contributed by atoms with Crippen molar-refractivity contribution >= 4 is 27.6 Å². The molecule has 0 spiro atoms. The minimum Gasteiger partial charge on any atom is -0.406 e. The average molecular weight is 533 g/mol. The molecule has 0 radical (unpaired) electrons. The van der Waals surface area contributed by atoms with E-state index in [4.69, 9.17) is 0 Å². The minimum absolute atomic E-state index is 0.0111. The van der Waals surface area contributed by atoms with Gasteiger partial charge in [0.05, 0.1) is 16.6 Å². The first-order valence-corrected chi connectivity index (χ1v) is 11.0. The Morgan fingerprint density at radius 2 is 1.66 bits per heavy atom. The largest absolute Gasteiger partial charge is 0.573 e. The summed E-state index contributed by atoms with van der Waals surface area (Å²) >= 11 is 0. The molecule has 13 heteroatoms. The van der Waals surface area contributed by atoms with Crippen molar-refractivity contribution in [1.29, 1.82) is 0 Å². The highest BCUT2D eigenvalue weighted by molar-refractivity contribution is 5.94. The number of nitrogens with zero attached hydrogens (tertiary/aromatic N) is 4. The SMILES string of the molecule is Cn1cc2cc(-n3cc4ccc(NCC(F)(F)F)nc4c(-c4ccc(OC(F)(F)F)cc4)c3=O)ccc2n1. The molecule has 0 fully saturated rings. The Hall–Kier alpha value is -4.55. The molecule has 0 aliphatic heterocycles. The van der Waals surface area contributed by atoms with Gasteiger partial charge in [-0.25, -0.2) is 4.98 Å². The van der Waals surface area contributed by atoms with Gasteiger partial charge in [-0.1, -0.05) is 12.1 Å². The molecule has 2 aromatic carbocycles. The maximum atomic E-state index is 13.8. The summed E-state index contributed by atoms with van der Waals surface area (Å²) in [5.74, 6) is -0.619. The number of hydrogen-bond donors (Lipinski definition) is 1. The lowest BCUT2D eigenvalue weighted by Crippen LogP contribution is -2.22. The molecule has 196 valence electrons. The molecule has 0 amide bonds. The third-order valence-corrected chi connectivity index (χ3v) is 5.59. The number of fused-ring (bicyclic) bond motifs is 2. The second-order valence-electron chi connectivity index (χ2n) is 8.40. The van der Waals surface area contributed by atoms with E-state index in [9.17, 15) is 31.1 Å². The molecule has 0 aliphatic rings. The monoisotopic (exact) mass is 533 g/mol. The molecule has 0 saturated heterocycles. The zero-order valence-electron chi connectivity index (χ0n) is 19.4. The molecule has 38 heavy (non-hydrogen) atoms. The van der Waals surface area contributed by atoms with Crippen molar-refractivity contribution in [2.24, 2.45) is 7.05 Å². The zero-order chi connectivity index (χ0) is 27.2. The van der Waals surface area contributed by atoms with Crippen LogP contribution in [0.1, 0.15) is 0 Å². The fraction of sp³-hybridized carbons (Fsp3) is 0.160. The van der Waals surface area contributed by atoms with E-state index in [2.05, 4.69) is 20.1 Å². The molecule has 5 rings (SSSR count). The van der Waals surface area contributed by atoms with Crippen LogP contribution in [0.3, 0.4) is 0 Å². The van der Waals surface area contributed by atoms with Gasteiger partial charge in [0.25, 0.3) is 5.56 Å². The fourth-order valence-corrected chi connectivity index (χ4v) is 4.04. The van der Waals surface area contributed by atoms with E-state index in [0.717, 1.165) is 17.5 Å². The lowest BCUT2D eigenvalue weighted by molar-refractivity contribution is -0.274. The summed E-state index contributed by atoms with van der Waals surface area (Å²) in [5.41, 5.74) is 0.869. The maximum Gasteiger partial charge on any atom is 0.573 e. The number of benzene rings is 2. The van der Waals surface area contributed by atoms with Gasteiger partial charge < -0.3 is 10.1 Å². The Bertz CT molecular complexity index is 1710. The van der Waals surface area contributed by atoms with Gasteiger partial charge in [0.2, 0.25) is 0 Å². The summed E-state index contributed by atoms with van der Waals surface area (Å²) in [7, 11) is 1.75. The highest BCUT2D eigenvalue weighted by Gasteiger charge is 2.31. The predicted octanol–water partition coefficient (Wildman–Crippen LogP) is 5.81. The second-order valence-corrected chi connectivity index (χ2v) is 8.40. The molecular formula is C25H17F6N5O2. The summed E-state index contributed by atoms with van der Waals surface area (Å²) in [5, 5.41) is 7.66. The number of aryl methyl sites for hydroxylation is 1. The van der Waals surface area contributed by atoms with Gasteiger partial charge in [-0.15, -0.1) is 13.2 Å². The summed E-state index contributed by atoms with van der Waals surface area (Å²) in [4.78, 5) is 18.0. The lowest BCUT2D eigenvalue weighted by Gasteiger charge is -2.15. The maximum absolute atomic E-state index is 13.8. The van der Waals surface area contributed by atoms with E-state index in [1.807, 2.05) is 0 Å². The number of pyridine rings is 2. The highest BCUT2D eigenvalue weighted by atomic mass is 19.4. The number of hydrogen-bond acceptors (Lipinski definition) is 5. The Morgan fingerprint density at radius 3 is 2.34 bits per heavy atom. The smallest absolute Gasteiger partial charge is 0.406 e. The first-order valence-electron chi connectivity index (χ1n) is 11.0. The standard InChI is InChI=1S/C25H17F6N5O2/c1-35-11-16-10-17(5-8-19(16)34-35)36-12-15-4-9-20(32-13-24(26,27)28)33-22(15)21(23(36)37)14-2-6-18(7-3-14)38-25(29,30)31/h2-12H,13H2,1H3,(H,32,33). The molecule has 3 heterocycles. The van der Waals surface area contributed by atoms with Crippen molar-refractivity contribution < 1.29 is 31.1 Å². The topological polar surface area (TPSA) is 74.0 Å². The van der Waals surface area contributed by atoms with Gasteiger partial charge >= 0.3 is 12.5 Å². The van der Waals surface area contributed by atoms with E-state index in [0.29, 0.717) is 16.6 Å². The first-order chi connectivity index (χ1) is 17.9. The lowest BCUT2D eigenvalue weighted by atomic mass is 10.0. The van der Waals surface area contributed by atoms with Crippen LogP contribution in [0.15, 0.2) is 71.8 Å². The Labute approximate surface area is 209 Å². The summed E-state index contributed by atoms with van der Waals surface area (Å²) in [6, 6.07) is 12.6. The number of nitrogens with one attached hydrogen (secondary N) is 1. The fourth-order valence-electron chi connectivity index (χ4n) is 4.04. The van der Waals surface area contributed by atoms with Gasteiger partial charge in [0.1, 0.15) is 18.1 Å². The van der Waals surface area contributed by atoms with Crippen LogP contribution in [0.4, 0.5) is 32.2 Å². The Kier molecular flexibility index (Phi) is 6.00. The van der Waals surface area contributed by atoms with Crippen LogP contribution in [0, 0.1) is 0 Å². The average Bonchev–Trinajstić information content (AvgIpc) is 3.21. The summed E-state index contributed by atoms with van der Waals surface area (Å²) in [6.07, 6.45) is -6.13. The highest BCUT2D eigenvalue weighted by Crippen LogP contribution is 2.30. The van der Waals surface area contributed by atoms with E-state index in [1.165, 1.54) is 35.0 Å². The number of alkyl halides is 6. The van der Waals surface area contributed by atoms with Crippen molar-refractivity contribution in [2.45, 2.75) is 12.5 Å². The van der Waals surface area contributed by atoms with Crippen molar-refractivity contribution in [3.05, 3.63) is 77.3 Å². The normalized spacial score (nSPS) is 12.3. The molecule has 3 aromatic heterocycles. The van der Waals surface area contributed by atoms with Gasteiger partial charge in [0, 0.05) is 35.9 Å². The third-order valence-electron chi connectivity index (χ3n) is 5.59. The molecular weight excluding hydrogens is 516 g/mol. The predicted molar refractivity (Wildman–Crippen MR) is 128 cm³/mol. The van der Waals surface area contributed by atoms with E-state index in [1.54, 1.807) is 36.1 Å². The quantitative estimate of drug-likeness (QED) is 0.289. The van der Waals surface area contributed by atoms with Gasteiger partial charge in [-0.05, 0) is 48.0 Å². The Morgan fingerprint density at radius 1 is 0.921 bits per heavy atom. The van der Waals surface area contributed by atoms with Crippen molar-refractivity contribution in [3.63, 3.8) is 0 Å². The van der Waals surface area contributed by atoms with Crippen LogP contribution in [0.25, 0.3) is 38.6 Å². The van der Waals surface area contributed by atoms with Crippen molar-refractivity contribution in [2.75, 3.05) is 11.9 Å². The van der Waals surface area contributed by atoms with Gasteiger partial charge in [-0.3, -0.25) is 14.0 Å². The molecule has 0 bridgehead atoms. The van der Waals surface area contributed by atoms with Gasteiger partial charge in [-0.2, -0.15) is 18.3 Å². The summed E-state index contributed by atoms with van der Waals surface area (Å²) < 4.78 is 82.9. The van der Waals surface area contributed by atoms with E-state index in [-0.39, 0.29) is 22.5 Å². The molecule has 7 nitrogen and oxygen atoms in total. The molecule has 0 atom stereocenters. The van der Waals surface area contributed by atoms with Crippen molar-refractivity contribution in [3.8, 4) is 22.6 Å². The van der Waals surface area contributed by atoms with Gasteiger partial charge in [0.15, 0.2) is 0 Å². The third kappa shape index (κ3) is 5.26. The zero-order valence-corrected chi connectivity index (χ0v) is 19.4. The Balaban J connectivity index is 1.69. The number of ether oxygens (including phenoxy) is 1.